The Bertz CT molecular complexity index is 943. The number of nitrogens with one attached hydrogen (secondary N) is 1. The van der Waals surface area contributed by atoms with Crippen LogP contribution in [0.15, 0.2) is 34.5 Å². The first-order valence-corrected chi connectivity index (χ1v) is 9.20. The molecule has 150 valence electrons. The predicted molar refractivity (Wildman–Crippen MR) is 99.7 cm³/mol. The van der Waals surface area contributed by atoms with E-state index in [2.05, 4.69) is 15.5 Å². The molecule has 0 radical (unpaired) electrons. The number of carbonyl (C=O) groups is 5. The van der Waals surface area contributed by atoms with E-state index in [0.29, 0.717) is 10.6 Å². The van der Waals surface area contributed by atoms with Crippen LogP contribution in [0.2, 0.25) is 0 Å². The number of thioether (sulfide) groups is 1. The molecule has 0 aliphatic carbocycles. The monoisotopic (exact) mass is 418 g/mol. The lowest BCUT2D eigenvalue weighted by Crippen LogP contribution is -2.32. The number of carboxylic acids is 1. The van der Waals surface area contributed by atoms with Gasteiger partial charge in [0.2, 0.25) is 5.91 Å². The number of hydroxylamine groups is 2. The first kappa shape index (κ1) is 20.2. The summed E-state index contributed by atoms with van der Waals surface area (Å²) in [5.74, 6) is -3.57. The normalized spacial score (nSPS) is 20.6. The number of rotatable bonds is 6. The SMILES string of the molecule is O=C(O)CC1SC(=NN=Cc2cccc(C(=O)ON3C(=O)CCC3=O)c2)NC1=O. The number of amides is 3. The fourth-order valence-corrected chi connectivity index (χ4v) is 3.35. The molecule has 2 heterocycles. The van der Waals surface area contributed by atoms with E-state index in [1.807, 2.05) is 0 Å². The lowest BCUT2D eigenvalue weighted by atomic mass is 10.1. The summed E-state index contributed by atoms with van der Waals surface area (Å²) in [6.07, 6.45) is 0.987. The molecule has 2 saturated heterocycles. The van der Waals surface area contributed by atoms with Gasteiger partial charge in [-0.25, -0.2) is 4.79 Å². The molecule has 2 N–H and O–H groups in total. The van der Waals surface area contributed by atoms with Gasteiger partial charge in [-0.05, 0) is 17.7 Å². The summed E-state index contributed by atoms with van der Waals surface area (Å²) in [6.45, 7) is 0. The van der Waals surface area contributed by atoms with Gasteiger partial charge in [0, 0.05) is 12.8 Å². The van der Waals surface area contributed by atoms with Gasteiger partial charge in [0.15, 0.2) is 5.17 Å². The van der Waals surface area contributed by atoms with Crippen LogP contribution < -0.4 is 5.32 Å². The second-order valence-electron chi connectivity index (χ2n) is 5.93. The Morgan fingerprint density at radius 2 is 2.00 bits per heavy atom. The fraction of sp³-hybridized carbons (Fsp3) is 0.235. The fourth-order valence-electron chi connectivity index (χ4n) is 2.43. The van der Waals surface area contributed by atoms with Crippen molar-refractivity contribution in [2.45, 2.75) is 24.5 Å². The Hall–Kier alpha value is -3.54. The number of carboxylic acid groups (broad SMARTS) is 1. The van der Waals surface area contributed by atoms with Gasteiger partial charge < -0.3 is 15.3 Å². The predicted octanol–water partition coefficient (Wildman–Crippen LogP) is 0.304. The highest BCUT2D eigenvalue weighted by atomic mass is 32.2. The number of aliphatic carboxylic acids is 1. The van der Waals surface area contributed by atoms with Crippen LogP contribution in [0, 0.1) is 0 Å². The zero-order chi connectivity index (χ0) is 21.0. The van der Waals surface area contributed by atoms with Crippen molar-refractivity contribution in [1.82, 2.24) is 10.4 Å². The molecule has 2 aliphatic rings. The molecule has 29 heavy (non-hydrogen) atoms. The summed E-state index contributed by atoms with van der Waals surface area (Å²) in [5, 5.41) is 18.7. The van der Waals surface area contributed by atoms with Crippen molar-refractivity contribution in [3.8, 4) is 0 Å². The number of hydrogen-bond acceptors (Lipinski definition) is 9. The molecule has 1 aromatic carbocycles. The summed E-state index contributed by atoms with van der Waals surface area (Å²) < 4.78 is 0. The Morgan fingerprint density at radius 1 is 1.28 bits per heavy atom. The molecule has 0 bridgehead atoms. The topological polar surface area (TPSA) is 155 Å². The van der Waals surface area contributed by atoms with Gasteiger partial charge in [-0.1, -0.05) is 23.9 Å². The molecule has 2 fully saturated rings. The maximum atomic E-state index is 12.1. The zero-order valence-corrected chi connectivity index (χ0v) is 15.5. The quantitative estimate of drug-likeness (QED) is 0.380. The summed E-state index contributed by atoms with van der Waals surface area (Å²) in [4.78, 5) is 62.4. The molecule has 1 unspecified atom stereocenters. The van der Waals surface area contributed by atoms with Crippen LogP contribution >= 0.6 is 11.8 Å². The van der Waals surface area contributed by atoms with Crippen LogP contribution in [0.4, 0.5) is 0 Å². The van der Waals surface area contributed by atoms with Crippen LogP contribution in [0.3, 0.4) is 0 Å². The van der Waals surface area contributed by atoms with Gasteiger partial charge in [-0.15, -0.1) is 10.2 Å². The van der Waals surface area contributed by atoms with Crippen molar-refractivity contribution in [1.29, 1.82) is 0 Å². The number of nitrogens with zero attached hydrogens (tertiary/aromatic N) is 3. The van der Waals surface area contributed by atoms with E-state index in [0.717, 1.165) is 11.8 Å². The summed E-state index contributed by atoms with van der Waals surface area (Å²) in [7, 11) is 0. The maximum absolute atomic E-state index is 12.1. The van der Waals surface area contributed by atoms with Gasteiger partial charge in [-0.2, -0.15) is 5.10 Å². The molecule has 1 aromatic rings. The number of benzene rings is 1. The Labute approximate surface area is 167 Å². The van der Waals surface area contributed by atoms with Crippen molar-refractivity contribution in [3.63, 3.8) is 0 Å². The summed E-state index contributed by atoms with van der Waals surface area (Å²) in [6, 6.07) is 6.04. The Balaban J connectivity index is 1.63. The Morgan fingerprint density at radius 3 is 2.69 bits per heavy atom. The standard InChI is InChI=1S/C17H14N4O7S/c22-12-4-5-13(23)21(12)28-16(27)10-3-1-2-9(6-10)8-18-20-17-19-15(26)11(29-17)7-14(24)25/h1-3,6,8,11H,4-5,7H2,(H,24,25)(H,19,20,26). The minimum atomic E-state index is -1.09. The number of amidine groups is 1. The molecule has 3 rings (SSSR count). The average Bonchev–Trinajstić information content (AvgIpc) is 3.17. The van der Waals surface area contributed by atoms with E-state index in [4.69, 9.17) is 9.94 Å². The molecule has 0 spiro atoms. The van der Waals surface area contributed by atoms with Crippen molar-refractivity contribution >= 4 is 52.8 Å². The third kappa shape index (κ3) is 5.04. The first-order valence-electron chi connectivity index (χ1n) is 8.32. The minimum absolute atomic E-state index is 0.00101. The second-order valence-corrected chi connectivity index (χ2v) is 7.12. The van der Waals surface area contributed by atoms with E-state index in [1.165, 1.54) is 18.3 Å². The van der Waals surface area contributed by atoms with Crippen molar-refractivity contribution < 1.29 is 33.9 Å². The van der Waals surface area contributed by atoms with E-state index >= 15 is 0 Å². The highest BCUT2D eigenvalue weighted by Crippen LogP contribution is 2.22. The van der Waals surface area contributed by atoms with Crippen molar-refractivity contribution in [3.05, 3.63) is 35.4 Å². The van der Waals surface area contributed by atoms with Crippen LogP contribution in [-0.4, -0.2) is 56.5 Å². The van der Waals surface area contributed by atoms with E-state index in [-0.39, 0.29) is 30.0 Å². The highest BCUT2D eigenvalue weighted by Gasteiger charge is 2.33. The Kier molecular flexibility index (Phi) is 6.02. The largest absolute Gasteiger partial charge is 0.481 e. The zero-order valence-electron chi connectivity index (χ0n) is 14.7. The lowest BCUT2D eigenvalue weighted by molar-refractivity contribution is -0.172. The third-order valence-corrected chi connectivity index (χ3v) is 4.87. The number of carbonyl (C=O) groups excluding carboxylic acids is 4. The van der Waals surface area contributed by atoms with Gasteiger partial charge in [0.05, 0.1) is 18.2 Å². The first-order chi connectivity index (χ1) is 13.8. The van der Waals surface area contributed by atoms with Crippen LogP contribution in [-0.2, 0) is 24.0 Å². The number of imide groups is 1. The highest BCUT2D eigenvalue weighted by molar-refractivity contribution is 8.15. The van der Waals surface area contributed by atoms with E-state index in [1.54, 1.807) is 12.1 Å². The second kappa shape index (κ2) is 8.65. The molecule has 11 nitrogen and oxygen atoms in total. The molecule has 0 saturated carbocycles. The van der Waals surface area contributed by atoms with Gasteiger partial charge >= 0.3 is 11.9 Å². The van der Waals surface area contributed by atoms with E-state index in [9.17, 15) is 24.0 Å². The third-order valence-electron chi connectivity index (χ3n) is 3.79. The van der Waals surface area contributed by atoms with Crippen molar-refractivity contribution in [2.24, 2.45) is 10.2 Å². The average molecular weight is 418 g/mol. The molecule has 1 atom stereocenters. The molecule has 12 heteroatoms. The molecular formula is C17H14N4O7S. The van der Waals surface area contributed by atoms with Gasteiger partial charge in [0.1, 0.15) is 5.25 Å². The molecule has 2 aliphatic heterocycles. The smallest absolute Gasteiger partial charge is 0.363 e. The maximum Gasteiger partial charge on any atom is 0.363 e. The summed E-state index contributed by atoms with van der Waals surface area (Å²) >= 11 is 0.960. The lowest BCUT2D eigenvalue weighted by Gasteiger charge is -2.12. The van der Waals surface area contributed by atoms with Crippen molar-refractivity contribution in [2.75, 3.05) is 0 Å². The van der Waals surface area contributed by atoms with Crippen LogP contribution in [0.25, 0.3) is 0 Å². The van der Waals surface area contributed by atoms with Crippen LogP contribution in [0.1, 0.15) is 35.2 Å². The molecule has 0 aromatic heterocycles. The van der Waals surface area contributed by atoms with E-state index < -0.39 is 34.9 Å². The van der Waals surface area contributed by atoms with Gasteiger partial charge in [-0.3, -0.25) is 19.2 Å². The molecular weight excluding hydrogens is 404 g/mol. The molecule has 3 amide bonds. The van der Waals surface area contributed by atoms with Gasteiger partial charge in [0.25, 0.3) is 11.8 Å². The number of hydrogen-bond donors (Lipinski definition) is 2. The van der Waals surface area contributed by atoms with Crippen LogP contribution in [0.5, 0.6) is 0 Å². The minimum Gasteiger partial charge on any atom is -0.481 e. The summed E-state index contributed by atoms with van der Waals surface area (Å²) in [5.41, 5.74) is 0.568.